The molecule has 0 spiro atoms. The second-order valence-corrected chi connectivity index (χ2v) is 4.95. The van der Waals surface area contributed by atoms with E-state index in [0.29, 0.717) is 5.92 Å². The predicted molar refractivity (Wildman–Crippen MR) is 70.2 cm³/mol. The van der Waals surface area contributed by atoms with Crippen LogP contribution in [0.2, 0.25) is 0 Å². The largest absolute Gasteiger partial charge is 0.490 e. The van der Waals surface area contributed by atoms with Crippen molar-refractivity contribution in [1.29, 1.82) is 0 Å². The third-order valence-corrected chi connectivity index (χ3v) is 3.00. The Morgan fingerprint density at radius 3 is 3.00 bits per heavy atom. The van der Waals surface area contributed by atoms with E-state index in [9.17, 15) is 0 Å². The molecule has 0 bridgehead atoms. The molecule has 0 N–H and O–H groups in total. The van der Waals surface area contributed by atoms with Gasteiger partial charge in [0.25, 0.3) is 0 Å². The van der Waals surface area contributed by atoms with Crippen molar-refractivity contribution in [3.63, 3.8) is 0 Å². The molecule has 1 aromatic heterocycles. The number of hydrogen-bond donors (Lipinski definition) is 0. The van der Waals surface area contributed by atoms with Gasteiger partial charge in [0.2, 0.25) is 0 Å². The molecule has 4 heteroatoms. The zero-order valence-electron chi connectivity index (χ0n) is 10.2. The minimum Gasteiger partial charge on any atom is -0.490 e. The highest BCUT2D eigenvalue weighted by Crippen LogP contribution is 2.12. The van der Waals surface area contributed by atoms with Gasteiger partial charge in [0.15, 0.2) is 5.75 Å². The maximum atomic E-state index is 5.65. The van der Waals surface area contributed by atoms with E-state index in [4.69, 9.17) is 4.74 Å². The van der Waals surface area contributed by atoms with E-state index < -0.39 is 0 Å². The van der Waals surface area contributed by atoms with Crippen molar-refractivity contribution in [2.75, 3.05) is 11.9 Å². The summed E-state index contributed by atoms with van der Waals surface area (Å²) in [7, 11) is 0. The Balaban J connectivity index is 2.21. The van der Waals surface area contributed by atoms with Crippen LogP contribution in [0.4, 0.5) is 0 Å². The summed E-state index contributed by atoms with van der Waals surface area (Å²) in [5, 5.41) is 5.30. The van der Waals surface area contributed by atoms with Crippen molar-refractivity contribution in [2.45, 2.75) is 39.7 Å². The maximum Gasteiger partial charge on any atom is 0.157 e. The first-order chi connectivity index (χ1) is 7.76. The highest BCUT2D eigenvalue weighted by atomic mass is 79.9. The summed E-state index contributed by atoms with van der Waals surface area (Å²) in [5.41, 5.74) is 0. The highest BCUT2D eigenvalue weighted by Gasteiger charge is 2.03. The quantitative estimate of drug-likeness (QED) is 0.685. The fraction of sp³-hybridized carbons (Fsp3) is 0.750. The molecule has 0 amide bonds. The van der Waals surface area contributed by atoms with Gasteiger partial charge in [-0.05, 0) is 25.2 Å². The molecule has 0 saturated carbocycles. The molecule has 1 atom stereocenters. The Labute approximate surface area is 106 Å². The van der Waals surface area contributed by atoms with Crippen molar-refractivity contribution in [3.8, 4) is 5.75 Å². The van der Waals surface area contributed by atoms with Gasteiger partial charge < -0.3 is 4.74 Å². The SMILES string of the molecule is CCCn1cc(OCCC(C)CCBr)cn1. The van der Waals surface area contributed by atoms with Crippen LogP contribution < -0.4 is 4.74 Å². The lowest BCUT2D eigenvalue weighted by Gasteiger charge is -2.09. The van der Waals surface area contributed by atoms with E-state index in [1.165, 1.54) is 6.42 Å². The van der Waals surface area contributed by atoms with E-state index in [1.54, 1.807) is 6.20 Å². The number of ether oxygens (including phenoxy) is 1. The third-order valence-electron chi connectivity index (χ3n) is 2.54. The number of halogens is 1. The Morgan fingerprint density at radius 1 is 1.50 bits per heavy atom. The Morgan fingerprint density at radius 2 is 2.31 bits per heavy atom. The molecule has 0 aliphatic heterocycles. The molecule has 3 nitrogen and oxygen atoms in total. The Bertz CT molecular complexity index is 288. The summed E-state index contributed by atoms with van der Waals surface area (Å²) < 4.78 is 7.58. The van der Waals surface area contributed by atoms with Gasteiger partial charge in [-0.2, -0.15) is 5.10 Å². The molecular weight excluding hydrogens is 268 g/mol. The lowest BCUT2D eigenvalue weighted by molar-refractivity contribution is 0.282. The standard InChI is InChI=1S/C12H21BrN2O/c1-3-7-15-10-12(9-14-15)16-8-5-11(2)4-6-13/h9-11H,3-8H2,1-2H3. The summed E-state index contributed by atoms with van der Waals surface area (Å²) in [4.78, 5) is 0. The van der Waals surface area contributed by atoms with E-state index in [2.05, 4.69) is 34.9 Å². The average Bonchev–Trinajstić information content (AvgIpc) is 2.67. The Hall–Kier alpha value is -0.510. The van der Waals surface area contributed by atoms with Crippen LogP contribution in [0, 0.1) is 5.92 Å². The van der Waals surface area contributed by atoms with Gasteiger partial charge >= 0.3 is 0 Å². The predicted octanol–water partition coefficient (Wildman–Crippen LogP) is 3.48. The van der Waals surface area contributed by atoms with Crippen LogP contribution >= 0.6 is 15.9 Å². The highest BCUT2D eigenvalue weighted by molar-refractivity contribution is 9.09. The summed E-state index contributed by atoms with van der Waals surface area (Å²) in [6.45, 7) is 6.14. The first-order valence-electron chi connectivity index (χ1n) is 5.97. The zero-order valence-corrected chi connectivity index (χ0v) is 11.7. The fourth-order valence-corrected chi connectivity index (χ4v) is 2.26. The molecule has 1 heterocycles. The van der Waals surface area contributed by atoms with Crippen molar-refractivity contribution >= 4 is 15.9 Å². The molecule has 1 aromatic rings. The summed E-state index contributed by atoms with van der Waals surface area (Å²) >= 11 is 3.45. The van der Waals surface area contributed by atoms with Crippen LogP contribution in [-0.2, 0) is 6.54 Å². The number of aryl methyl sites for hydroxylation is 1. The number of hydrogen-bond acceptors (Lipinski definition) is 2. The topological polar surface area (TPSA) is 27.1 Å². The first-order valence-corrected chi connectivity index (χ1v) is 7.09. The van der Waals surface area contributed by atoms with Gasteiger partial charge in [0, 0.05) is 11.9 Å². The number of alkyl halides is 1. The molecule has 1 rings (SSSR count). The monoisotopic (exact) mass is 288 g/mol. The van der Waals surface area contributed by atoms with Crippen molar-refractivity contribution < 1.29 is 4.74 Å². The summed E-state index contributed by atoms with van der Waals surface area (Å²) in [5.74, 6) is 1.60. The second-order valence-electron chi connectivity index (χ2n) is 4.16. The average molecular weight is 289 g/mol. The lowest BCUT2D eigenvalue weighted by atomic mass is 10.1. The smallest absolute Gasteiger partial charge is 0.157 e. The minimum atomic E-state index is 0.713. The second kappa shape index (κ2) is 7.71. The molecule has 0 aliphatic carbocycles. The van der Waals surface area contributed by atoms with Gasteiger partial charge in [-0.25, -0.2) is 0 Å². The van der Waals surface area contributed by atoms with Crippen LogP contribution in [0.5, 0.6) is 5.75 Å². The molecular formula is C12H21BrN2O. The number of aromatic nitrogens is 2. The first kappa shape index (κ1) is 13.6. The van der Waals surface area contributed by atoms with Crippen LogP contribution in [0.15, 0.2) is 12.4 Å². The van der Waals surface area contributed by atoms with E-state index in [1.807, 2.05) is 10.9 Å². The van der Waals surface area contributed by atoms with Crippen LogP contribution in [-0.4, -0.2) is 21.7 Å². The lowest BCUT2D eigenvalue weighted by Crippen LogP contribution is -2.04. The van der Waals surface area contributed by atoms with Crippen molar-refractivity contribution in [2.24, 2.45) is 5.92 Å². The normalized spacial score (nSPS) is 12.7. The van der Waals surface area contributed by atoms with E-state index in [0.717, 1.165) is 37.1 Å². The van der Waals surface area contributed by atoms with Gasteiger partial charge in [0.1, 0.15) is 0 Å². The molecule has 0 aliphatic rings. The van der Waals surface area contributed by atoms with Crippen LogP contribution in [0.25, 0.3) is 0 Å². The van der Waals surface area contributed by atoms with Crippen molar-refractivity contribution in [1.82, 2.24) is 9.78 Å². The molecule has 0 radical (unpaired) electrons. The Kier molecular flexibility index (Phi) is 6.53. The zero-order chi connectivity index (χ0) is 11.8. The van der Waals surface area contributed by atoms with Gasteiger partial charge in [0.05, 0.1) is 19.0 Å². The maximum absolute atomic E-state index is 5.65. The van der Waals surface area contributed by atoms with Gasteiger partial charge in [-0.15, -0.1) is 0 Å². The number of rotatable bonds is 8. The molecule has 1 unspecified atom stereocenters. The van der Waals surface area contributed by atoms with Crippen LogP contribution in [0.1, 0.15) is 33.1 Å². The minimum absolute atomic E-state index is 0.713. The fourth-order valence-electron chi connectivity index (χ4n) is 1.48. The number of nitrogens with zero attached hydrogens (tertiary/aromatic N) is 2. The summed E-state index contributed by atoms with van der Waals surface area (Å²) in [6.07, 6.45) is 7.18. The van der Waals surface area contributed by atoms with Crippen molar-refractivity contribution in [3.05, 3.63) is 12.4 Å². The van der Waals surface area contributed by atoms with Gasteiger partial charge in [-0.1, -0.05) is 29.8 Å². The third kappa shape index (κ3) is 5.01. The van der Waals surface area contributed by atoms with Gasteiger partial charge in [-0.3, -0.25) is 4.68 Å². The van der Waals surface area contributed by atoms with E-state index >= 15 is 0 Å². The molecule has 0 fully saturated rings. The molecule has 92 valence electrons. The molecule has 0 aromatic carbocycles. The van der Waals surface area contributed by atoms with Crippen LogP contribution in [0.3, 0.4) is 0 Å². The summed E-state index contributed by atoms with van der Waals surface area (Å²) in [6, 6.07) is 0. The molecule has 0 saturated heterocycles. The molecule has 16 heavy (non-hydrogen) atoms. The van der Waals surface area contributed by atoms with E-state index in [-0.39, 0.29) is 0 Å².